The molecular weight excluding hydrogens is 286 g/mol. The minimum absolute atomic E-state index is 1.04. The average molecular weight is 333 g/mol. The molecule has 0 aromatic heterocycles. The molecule has 0 fully saturated rings. The van der Waals surface area contributed by atoms with Gasteiger partial charge >= 0.3 is 0 Å². The summed E-state index contributed by atoms with van der Waals surface area (Å²) >= 11 is 4.00. The summed E-state index contributed by atoms with van der Waals surface area (Å²) in [6.07, 6.45) is 13.6. The molecule has 2 heteroatoms. The van der Waals surface area contributed by atoms with Crippen LogP contribution in [-0.2, 0) is 0 Å². The molecule has 0 aliphatic carbocycles. The number of rotatable bonds is 14. The quantitative estimate of drug-likeness (QED) is 0.265. The first kappa shape index (κ1) is 24.6. The van der Waals surface area contributed by atoms with Gasteiger partial charge in [0.25, 0.3) is 0 Å². The molecule has 0 aliphatic rings. The van der Waals surface area contributed by atoms with Crippen LogP contribution < -0.4 is 0 Å². The number of nitrogens with zero attached hydrogens (tertiary/aromatic N) is 1. The Hall–Kier alpha value is 0.310. The Labute approximate surface area is 148 Å². The number of hydrogen-bond acceptors (Lipinski definition) is 1. The van der Waals surface area contributed by atoms with E-state index >= 15 is 0 Å². The maximum atomic E-state index is 4.00. The Balaban J connectivity index is 0. The summed E-state index contributed by atoms with van der Waals surface area (Å²) in [7, 11) is 0. The van der Waals surface area contributed by atoms with Crippen LogP contribution in [-0.4, -0.2) is 36.4 Å². The first-order valence-electron chi connectivity index (χ1n) is 10.1. The maximum Gasteiger partial charge on any atom is 0.0786 e. The van der Waals surface area contributed by atoms with Crippen molar-refractivity contribution in [2.24, 2.45) is 0 Å². The highest BCUT2D eigenvalue weighted by atomic mass is 32.1. The SMILES string of the molecule is CCCCS.CCCC[N+](CCCC)(CCCC)CCCC. The topological polar surface area (TPSA) is 0 Å². The molecule has 0 atom stereocenters. The molecule has 1 nitrogen and oxygen atoms in total. The number of unbranched alkanes of at least 4 members (excludes halogenated alkanes) is 5. The van der Waals surface area contributed by atoms with Crippen LogP contribution in [0.25, 0.3) is 0 Å². The lowest BCUT2D eigenvalue weighted by Crippen LogP contribution is -2.50. The Bertz CT molecular complexity index is 155. The van der Waals surface area contributed by atoms with Crippen LogP contribution in [0.2, 0.25) is 0 Å². The van der Waals surface area contributed by atoms with Gasteiger partial charge in [0.15, 0.2) is 0 Å². The molecule has 0 N–H and O–H groups in total. The number of hydrogen-bond donors (Lipinski definition) is 1. The van der Waals surface area contributed by atoms with Crippen LogP contribution in [0.5, 0.6) is 0 Å². The molecule has 22 heavy (non-hydrogen) atoms. The van der Waals surface area contributed by atoms with Gasteiger partial charge in [0, 0.05) is 0 Å². The molecular formula is C20H46NS+. The maximum absolute atomic E-state index is 4.00. The molecule has 0 bridgehead atoms. The largest absolute Gasteiger partial charge is 0.324 e. The van der Waals surface area contributed by atoms with Crippen LogP contribution >= 0.6 is 12.6 Å². The Kier molecular flexibility index (Phi) is 21.6. The molecule has 0 heterocycles. The van der Waals surface area contributed by atoms with E-state index in [0.717, 1.165) is 5.75 Å². The van der Waals surface area contributed by atoms with E-state index in [2.05, 4.69) is 47.2 Å². The van der Waals surface area contributed by atoms with Crippen LogP contribution in [0.1, 0.15) is 98.8 Å². The predicted octanol–water partition coefficient (Wildman–Crippen LogP) is 6.72. The van der Waals surface area contributed by atoms with E-state index in [1.165, 1.54) is 94.9 Å². The van der Waals surface area contributed by atoms with Crippen LogP contribution in [0.4, 0.5) is 0 Å². The Morgan fingerprint density at radius 1 is 0.500 bits per heavy atom. The van der Waals surface area contributed by atoms with E-state index in [1.807, 2.05) is 0 Å². The fourth-order valence-corrected chi connectivity index (χ4v) is 3.12. The lowest BCUT2D eigenvalue weighted by atomic mass is 10.1. The molecule has 0 spiro atoms. The van der Waals surface area contributed by atoms with Gasteiger partial charge < -0.3 is 4.48 Å². The summed E-state index contributed by atoms with van der Waals surface area (Å²) in [5.41, 5.74) is 0. The van der Waals surface area contributed by atoms with Crippen LogP contribution in [0.15, 0.2) is 0 Å². The van der Waals surface area contributed by atoms with E-state index in [9.17, 15) is 0 Å². The zero-order valence-corrected chi connectivity index (χ0v) is 17.4. The molecule has 0 rings (SSSR count). The van der Waals surface area contributed by atoms with Gasteiger partial charge in [-0.2, -0.15) is 12.6 Å². The molecule has 0 aromatic rings. The summed E-state index contributed by atoms with van der Waals surface area (Å²) in [5.74, 6) is 1.04. The van der Waals surface area contributed by atoms with Crippen molar-refractivity contribution in [1.29, 1.82) is 0 Å². The first-order chi connectivity index (χ1) is 10.7. The van der Waals surface area contributed by atoms with Gasteiger partial charge in [0.2, 0.25) is 0 Å². The van der Waals surface area contributed by atoms with Crippen molar-refractivity contribution in [3.8, 4) is 0 Å². The van der Waals surface area contributed by atoms with Gasteiger partial charge in [0.05, 0.1) is 26.2 Å². The molecule has 0 saturated carbocycles. The number of quaternary nitrogens is 1. The molecule has 136 valence electrons. The molecule has 0 aromatic carbocycles. The monoisotopic (exact) mass is 332 g/mol. The van der Waals surface area contributed by atoms with E-state index in [4.69, 9.17) is 0 Å². The van der Waals surface area contributed by atoms with Crippen molar-refractivity contribution in [1.82, 2.24) is 0 Å². The highest BCUT2D eigenvalue weighted by Crippen LogP contribution is 2.16. The van der Waals surface area contributed by atoms with E-state index in [1.54, 1.807) is 0 Å². The second-order valence-electron chi connectivity index (χ2n) is 6.73. The molecule has 0 aliphatic heterocycles. The fourth-order valence-electron chi connectivity index (χ4n) is 2.80. The van der Waals surface area contributed by atoms with Crippen LogP contribution in [0.3, 0.4) is 0 Å². The van der Waals surface area contributed by atoms with E-state index < -0.39 is 0 Å². The van der Waals surface area contributed by atoms with E-state index in [-0.39, 0.29) is 0 Å². The highest BCUT2D eigenvalue weighted by molar-refractivity contribution is 7.80. The van der Waals surface area contributed by atoms with Gasteiger partial charge in [-0.05, 0) is 37.9 Å². The fraction of sp³-hybridized carbons (Fsp3) is 1.00. The van der Waals surface area contributed by atoms with Crippen molar-refractivity contribution in [2.75, 3.05) is 31.9 Å². The van der Waals surface area contributed by atoms with Crippen molar-refractivity contribution in [3.05, 3.63) is 0 Å². The summed E-state index contributed by atoms with van der Waals surface area (Å²) in [6, 6.07) is 0. The third-order valence-electron chi connectivity index (χ3n) is 4.46. The lowest BCUT2D eigenvalue weighted by molar-refractivity contribution is -0.929. The third kappa shape index (κ3) is 15.2. The second-order valence-corrected chi connectivity index (χ2v) is 7.17. The standard InChI is InChI=1S/C16H36N.C4H10S/c1-5-9-13-17(14-10-6-2,15-11-7-3)16-12-8-4;1-2-3-4-5/h5-16H2,1-4H3;5H,2-4H2,1H3/q+1;. The zero-order valence-electron chi connectivity index (χ0n) is 16.5. The summed E-state index contributed by atoms with van der Waals surface area (Å²) in [6.45, 7) is 17.2. The van der Waals surface area contributed by atoms with Crippen molar-refractivity contribution >= 4 is 12.6 Å². The minimum Gasteiger partial charge on any atom is -0.324 e. The average Bonchev–Trinajstić information content (AvgIpc) is 2.55. The van der Waals surface area contributed by atoms with Gasteiger partial charge in [-0.3, -0.25) is 0 Å². The lowest BCUT2D eigenvalue weighted by Gasteiger charge is -2.39. The molecule has 0 unspecified atom stereocenters. The zero-order chi connectivity index (χ0) is 17.1. The highest BCUT2D eigenvalue weighted by Gasteiger charge is 2.24. The van der Waals surface area contributed by atoms with Crippen molar-refractivity contribution in [2.45, 2.75) is 98.8 Å². The minimum atomic E-state index is 1.04. The normalized spacial score (nSPS) is 11.2. The molecule has 0 amide bonds. The Morgan fingerprint density at radius 3 is 0.909 bits per heavy atom. The molecule has 0 saturated heterocycles. The van der Waals surface area contributed by atoms with Gasteiger partial charge in [0.1, 0.15) is 0 Å². The molecule has 0 radical (unpaired) electrons. The smallest absolute Gasteiger partial charge is 0.0786 e. The van der Waals surface area contributed by atoms with Crippen molar-refractivity contribution < 1.29 is 4.48 Å². The summed E-state index contributed by atoms with van der Waals surface area (Å²) in [5, 5.41) is 0. The summed E-state index contributed by atoms with van der Waals surface area (Å²) < 4.78 is 1.42. The van der Waals surface area contributed by atoms with Gasteiger partial charge in [-0.1, -0.05) is 66.7 Å². The van der Waals surface area contributed by atoms with Crippen molar-refractivity contribution in [3.63, 3.8) is 0 Å². The van der Waals surface area contributed by atoms with Crippen LogP contribution in [0, 0.1) is 0 Å². The third-order valence-corrected chi connectivity index (χ3v) is 4.77. The first-order valence-corrected chi connectivity index (χ1v) is 10.7. The second kappa shape index (κ2) is 19.4. The van der Waals surface area contributed by atoms with Gasteiger partial charge in [-0.15, -0.1) is 0 Å². The van der Waals surface area contributed by atoms with E-state index in [0.29, 0.717) is 0 Å². The number of thiol groups is 1. The Morgan fingerprint density at radius 2 is 0.773 bits per heavy atom. The van der Waals surface area contributed by atoms with Gasteiger partial charge in [-0.25, -0.2) is 0 Å². The summed E-state index contributed by atoms with van der Waals surface area (Å²) in [4.78, 5) is 0. The predicted molar refractivity (Wildman–Crippen MR) is 108 cm³/mol.